The van der Waals surface area contributed by atoms with Crippen LogP contribution >= 0.6 is 0 Å². The predicted molar refractivity (Wildman–Crippen MR) is 83.2 cm³/mol. The van der Waals surface area contributed by atoms with Crippen LogP contribution in [-0.4, -0.2) is 4.98 Å². The van der Waals surface area contributed by atoms with E-state index >= 15 is 0 Å². The van der Waals surface area contributed by atoms with Crippen molar-refractivity contribution in [1.82, 2.24) is 4.98 Å². The summed E-state index contributed by atoms with van der Waals surface area (Å²) in [6.07, 6.45) is 8.81. The summed E-state index contributed by atoms with van der Waals surface area (Å²) in [4.78, 5) is 4.60. The van der Waals surface area contributed by atoms with Gasteiger partial charge in [-0.3, -0.25) is 4.98 Å². The standard InChI is InChI=1S/C19H15N/c1-2-15-13-19(17-11-7-4-8-12-17)20-14-18(15)16-9-5-3-6-10-16/h3-5,7-9,11-14H,2H2,1H3. The number of allylic oxidation sites excluding steroid dienone is 4. The molecule has 1 aromatic heterocycles. The van der Waals surface area contributed by atoms with Gasteiger partial charge in [-0.15, -0.1) is 0 Å². The Morgan fingerprint density at radius 2 is 2.00 bits per heavy atom. The minimum Gasteiger partial charge on any atom is -0.256 e. The molecule has 1 heterocycles. The molecule has 1 aliphatic rings. The van der Waals surface area contributed by atoms with E-state index in [0.29, 0.717) is 0 Å². The molecule has 0 radical (unpaired) electrons. The summed E-state index contributed by atoms with van der Waals surface area (Å²) in [6, 6.07) is 12.4. The molecule has 1 aliphatic carbocycles. The van der Waals surface area contributed by atoms with Crippen LogP contribution in [0.2, 0.25) is 0 Å². The Kier molecular flexibility index (Phi) is 3.48. The zero-order valence-electron chi connectivity index (χ0n) is 11.4. The van der Waals surface area contributed by atoms with E-state index in [4.69, 9.17) is 0 Å². The molecule has 1 heteroatoms. The number of aryl methyl sites for hydroxylation is 1. The number of nitrogens with zero attached hydrogens (tertiary/aromatic N) is 1. The van der Waals surface area contributed by atoms with Gasteiger partial charge < -0.3 is 0 Å². The summed E-state index contributed by atoms with van der Waals surface area (Å²) < 4.78 is 0. The summed E-state index contributed by atoms with van der Waals surface area (Å²) in [7, 11) is 0. The van der Waals surface area contributed by atoms with Crippen LogP contribution in [0.3, 0.4) is 0 Å². The lowest BCUT2D eigenvalue weighted by molar-refractivity contribution is 1.11. The Hall–Kier alpha value is -2.59. The molecule has 0 aliphatic heterocycles. The fourth-order valence-corrected chi connectivity index (χ4v) is 2.31. The van der Waals surface area contributed by atoms with Crippen LogP contribution in [-0.2, 0) is 6.42 Å². The van der Waals surface area contributed by atoms with Gasteiger partial charge >= 0.3 is 0 Å². The Labute approximate surface area is 119 Å². The van der Waals surface area contributed by atoms with Crippen molar-refractivity contribution < 1.29 is 0 Å². The van der Waals surface area contributed by atoms with Crippen LogP contribution in [0.1, 0.15) is 18.1 Å². The lowest BCUT2D eigenvalue weighted by Crippen LogP contribution is -1.95. The predicted octanol–water partition coefficient (Wildman–Crippen LogP) is 4.57. The summed E-state index contributed by atoms with van der Waals surface area (Å²) in [5, 5.41) is 0. The molecule has 0 fully saturated rings. The number of hydrogen-bond donors (Lipinski definition) is 0. The van der Waals surface area contributed by atoms with Crippen molar-refractivity contribution in [3.05, 3.63) is 83.4 Å². The fraction of sp³-hybridized carbons (Fsp3) is 0.105. The lowest BCUT2D eigenvalue weighted by Gasteiger charge is -2.10. The second-order valence-electron chi connectivity index (χ2n) is 4.66. The zero-order valence-corrected chi connectivity index (χ0v) is 11.4. The molecule has 0 amide bonds. The van der Waals surface area contributed by atoms with Crippen molar-refractivity contribution >= 4 is 5.57 Å². The smallest absolute Gasteiger partial charge is 0.0705 e. The number of benzene rings is 1. The molecule has 3 rings (SSSR count). The van der Waals surface area contributed by atoms with Gasteiger partial charge in [0.2, 0.25) is 0 Å². The number of rotatable bonds is 3. The molecule has 0 saturated carbocycles. The number of aromatic nitrogens is 1. The van der Waals surface area contributed by atoms with Crippen LogP contribution in [0.4, 0.5) is 0 Å². The lowest BCUT2D eigenvalue weighted by atomic mass is 9.97. The monoisotopic (exact) mass is 257 g/mol. The average Bonchev–Trinajstić information content (AvgIpc) is 2.56. The fourth-order valence-electron chi connectivity index (χ4n) is 2.31. The van der Waals surface area contributed by atoms with Crippen LogP contribution in [0.5, 0.6) is 0 Å². The zero-order chi connectivity index (χ0) is 13.8. The van der Waals surface area contributed by atoms with E-state index in [0.717, 1.165) is 28.8 Å². The maximum atomic E-state index is 4.60. The van der Waals surface area contributed by atoms with Crippen molar-refractivity contribution in [1.29, 1.82) is 0 Å². The van der Waals surface area contributed by atoms with E-state index in [2.05, 4.69) is 47.6 Å². The molecule has 0 bridgehead atoms. The topological polar surface area (TPSA) is 12.9 Å². The summed E-state index contributed by atoms with van der Waals surface area (Å²) >= 11 is 0. The molecule has 96 valence electrons. The number of pyridine rings is 1. The third-order valence-corrected chi connectivity index (χ3v) is 3.38. The SMILES string of the molecule is CCc1cc(-c2ccccc2)ncc1C1=C=C=CC=C1. The van der Waals surface area contributed by atoms with Crippen molar-refractivity contribution in [3.63, 3.8) is 0 Å². The van der Waals surface area contributed by atoms with Gasteiger partial charge in [0.05, 0.1) is 5.69 Å². The Bertz CT molecular complexity index is 754. The first-order valence-corrected chi connectivity index (χ1v) is 6.81. The van der Waals surface area contributed by atoms with Gasteiger partial charge in [-0.1, -0.05) is 54.8 Å². The van der Waals surface area contributed by atoms with Crippen LogP contribution < -0.4 is 0 Å². The highest BCUT2D eigenvalue weighted by Gasteiger charge is 2.08. The minimum atomic E-state index is 0.973. The van der Waals surface area contributed by atoms with Crippen molar-refractivity contribution in [3.8, 4) is 11.3 Å². The average molecular weight is 257 g/mol. The van der Waals surface area contributed by atoms with E-state index in [1.54, 1.807) is 0 Å². The van der Waals surface area contributed by atoms with Crippen molar-refractivity contribution in [2.24, 2.45) is 0 Å². The summed E-state index contributed by atoms with van der Waals surface area (Å²) in [5.74, 6) is 0. The van der Waals surface area contributed by atoms with E-state index in [1.807, 2.05) is 36.5 Å². The van der Waals surface area contributed by atoms with Gasteiger partial charge in [0.25, 0.3) is 0 Å². The first kappa shape index (κ1) is 12.4. The summed E-state index contributed by atoms with van der Waals surface area (Å²) in [5.41, 5.74) is 11.8. The van der Waals surface area contributed by atoms with Gasteiger partial charge in [0, 0.05) is 22.9 Å². The van der Waals surface area contributed by atoms with Gasteiger partial charge in [-0.25, -0.2) is 0 Å². The molecule has 20 heavy (non-hydrogen) atoms. The molecule has 0 saturated heterocycles. The second-order valence-corrected chi connectivity index (χ2v) is 4.66. The second kappa shape index (κ2) is 5.59. The molecule has 2 aromatic rings. The van der Waals surface area contributed by atoms with Gasteiger partial charge in [-0.2, -0.15) is 0 Å². The van der Waals surface area contributed by atoms with Gasteiger partial charge in [-0.05, 0) is 30.2 Å². The highest BCUT2D eigenvalue weighted by Crippen LogP contribution is 2.25. The highest BCUT2D eigenvalue weighted by atomic mass is 14.7. The first-order chi connectivity index (χ1) is 9.88. The Morgan fingerprint density at radius 3 is 2.70 bits per heavy atom. The maximum absolute atomic E-state index is 4.60. The Morgan fingerprint density at radius 1 is 1.15 bits per heavy atom. The van der Waals surface area contributed by atoms with E-state index in [-0.39, 0.29) is 0 Å². The molecule has 0 atom stereocenters. The molecule has 1 aromatic carbocycles. The molecule has 0 spiro atoms. The molecule has 1 nitrogen and oxygen atoms in total. The Balaban J connectivity index is 2.10. The van der Waals surface area contributed by atoms with Crippen molar-refractivity contribution in [2.45, 2.75) is 13.3 Å². The van der Waals surface area contributed by atoms with Gasteiger partial charge in [0.15, 0.2) is 0 Å². The minimum absolute atomic E-state index is 0.973. The summed E-state index contributed by atoms with van der Waals surface area (Å²) in [6.45, 7) is 2.17. The van der Waals surface area contributed by atoms with Crippen LogP contribution in [0.25, 0.3) is 16.8 Å². The first-order valence-electron chi connectivity index (χ1n) is 6.81. The third kappa shape index (κ3) is 2.41. The molecular formula is C19H15N. The molecule has 0 N–H and O–H groups in total. The third-order valence-electron chi connectivity index (χ3n) is 3.38. The normalized spacial score (nSPS) is 12.6. The largest absolute Gasteiger partial charge is 0.256 e. The van der Waals surface area contributed by atoms with E-state index in [9.17, 15) is 0 Å². The number of hydrogen-bond acceptors (Lipinski definition) is 1. The van der Waals surface area contributed by atoms with Gasteiger partial charge in [0.1, 0.15) is 0 Å². The van der Waals surface area contributed by atoms with Crippen molar-refractivity contribution in [2.75, 3.05) is 0 Å². The van der Waals surface area contributed by atoms with Crippen LogP contribution in [0, 0.1) is 0 Å². The van der Waals surface area contributed by atoms with Crippen LogP contribution in [0.15, 0.2) is 72.3 Å². The maximum Gasteiger partial charge on any atom is 0.0705 e. The molecule has 0 unspecified atom stereocenters. The molecular weight excluding hydrogens is 242 g/mol. The van der Waals surface area contributed by atoms with E-state index < -0.39 is 0 Å². The van der Waals surface area contributed by atoms with E-state index in [1.165, 1.54) is 5.56 Å². The highest BCUT2D eigenvalue weighted by molar-refractivity contribution is 5.77. The quantitative estimate of drug-likeness (QED) is 0.734.